The monoisotopic (exact) mass is 363 g/mol. The zero-order chi connectivity index (χ0) is 18.0. The van der Waals surface area contributed by atoms with Gasteiger partial charge in [0.05, 0.1) is 23.8 Å². The maximum Gasteiger partial charge on any atom is 0.243 e. The number of nitrogen functional groups attached to an aromatic ring is 1. The quantitative estimate of drug-likeness (QED) is 0.813. The average Bonchev–Trinajstić information content (AvgIpc) is 2.57. The van der Waals surface area contributed by atoms with E-state index in [-0.39, 0.29) is 23.6 Å². The van der Waals surface area contributed by atoms with Crippen molar-refractivity contribution < 1.29 is 13.9 Å². The van der Waals surface area contributed by atoms with Crippen LogP contribution in [-0.2, 0) is 4.79 Å². The van der Waals surface area contributed by atoms with Crippen LogP contribution in [0.1, 0.15) is 13.3 Å². The Balaban J connectivity index is 1.75. The summed E-state index contributed by atoms with van der Waals surface area (Å²) in [5, 5.41) is 2.70. The molecule has 0 spiro atoms. The van der Waals surface area contributed by atoms with E-state index in [9.17, 15) is 9.18 Å². The fourth-order valence-corrected chi connectivity index (χ4v) is 2.94. The van der Waals surface area contributed by atoms with Gasteiger partial charge in [0.25, 0.3) is 0 Å². The van der Waals surface area contributed by atoms with E-state index in [4.69, 9.17) is 22.1 Å². The second kappa shape index (κ2) is 7.19. The van der Waals surface area contributed by atoms with E-state index < -0.39 is 5.82 Å². The third-order valence-corrected chi connectivity index (χ3v) is 4.33. The first-order chi connectivity index (χ1) is 12.0. The van der Waals surface area contributed by atoms with Crippen molar-refractivity contribution in [2.75, 3.05) is 29.0 Å². The molecule has 0 aromatic heterocycles. The first kappa shape index (κ1) is 17.4. The van der Waals surface area contributed by atoms with Crippen molar-refractivity contribution in [1.82, 2.24) is 0 Å². The van der Waals surface area contributed by atoms with Crippen LogP contribution in [0.3, 0.4) is 0 Å². The minimum Gasteiger partial charge on any atom is -0.486 e. The van der Waals surface area contributed by atoms with Crippen LogP contribution in [0.25, 0.3) is 0 Å². The molecule has 132 valence electrons. The summed E-state index contributed by atoms with van der Waals surface area (Å²) < 4.78 is 19.1. The van der Waals surface area contributed by atoms with Crippen molar-refractivity contribution in [3.05, 3.63) is 47.2 Å². The van der Waals surface area contributed by atoms with E-state index in [1.807, 2.05) is 17.9 Å². The lowest BCUT2D eigenvalue weighted by Gasteiger charge is -2.35. The molecule has 25 heavy (non-hydrogen) atoms. The number of hydrogen-bond donors (Lipinski definition) is 2. The number of fused-ring (bicyclic) bond motifs is 1. The number of anilines is 3. The molecule has 0 saturated carbocycles. The van der Waals surface area contributed by atoms with Crippen LogP contribution in [0, 0.1) is 5.82 Å². The molecule has 0 bridgehead atoms. The molecule has 0 radical (unpaired) electrons. The van der Waals surface area contributed by atoms with Crippen molar-refractivity contribution in [2.24, 2.45) is 0 Å². The summed E-state index contributed by atoms with van der Waals surface area (Å²) in [6.45, 7) is 2.78. The number of amides is 1. The molecule has 3 rings (SSSR count). The zero-order valence-electron chi connectivity index (χ0n) is 13.8. The number of nitrogens with one attached hydrogen (secondary N) is 1. The SMILES string of the molecule is CCC1CN(CC(=O)Nc2ccc(F)c(Cl)c2)c2ccc(N)cc2O1. The summed E-state index contributed by atoms with van der Waals surface area (Å²) in [5.41, 5.74) is 7.71. The number of benzene rings is 2. The standard InChI is InChI=1S/C18H19ClFN3O2/c1-2-13-9-23(16-6-3-11(21)7-17(16)25-13)10-18(24)22-12-4-5-15(20)14(19)8-12/h3-8,13H,2,9-10,21H2,1H3,(H,22,24). The van der Waals surface area contributed by atoms with Crippen LogP contribution >= 0.6 is 11.6 Å². The maximum absolute atomic E-state index is 13.2. The number of ether oxygens (including phenoxy) is 1. The second-order valence-corrected chi connectivity index (χ2v) is 6.34. The van der Waals surface area contributed by atoms with Gasteiger partial charge < -0.3 is 20.7 Å². The molecule has 0 saturated heterocycles. The first-order valence-electron chi connectivity index (χ1n) is 8.02. The number of halogens is 2. The minimum absolute atomic E-state index is 0.0117. The summed E-state index contributed by atoms with van der Waals surface area (Å²) in [7, 11) is 0. The number of nitrogens with zero attached hydrogens (tertiary/aromatic N) is 1. The second-order valence-electron chi connectivity index (χ2n) is 5.93. The molecule has 1 aliphatic rings. The molecule has 2 aromatic carbocycles. The van der Waals surface area contributed by atoms with Crippen LogP contribution in [-0.4, -0.2) is 25.1 Å². The lowest BCUT2D eigenvalue weighted by Crippen LogP contribution is -2.43. The molecule has 7 heteroatoms. The van der Waals surface area contributed by atoms with Crippen LogP contribution in [0.4, 0.5) is 21.5 Å². The Hall–Kier alpha value is -2.47. The average molecular weight is 364 g/mol. The van der Waals surface area contributed by atoms with Gasteiger partial charge in [-0.1, -0.05) is 18.5 Å². The van der Waals surface area contributed by atoms with Gasteiger partial charge in [-0.05, 0) is 36.8 Å². The highest BCUT2D eigenvalue weighted by Crippen LogP contribution is 2.35. The first-order valence-corrected chi connectivity index (χ1v) is 8.40. The van der Waals surface area contributed by atoms with E-state index in [1.165, 1.54) is 18.2 Å². The Morgan fingerprint density at radius 1 is 1.40 bits per heavy atom. The van der Waals surface area contributed by atoms with Gasteiger partial charge in [-0.3, -0.25) is 4.79 Å². The summed E-state index contributed by atoms with van der Waals surface area (Å²) in [5.74, 6) is -0.0666. The maximum atomic E-state index is 13.2. The molecule has 3 N–H and O–H groups in total. The van der Waals surface area contributed by atoms with Crippen molar-refractivity contribution in [2.45, 2.75) is 19.4 Å². The Kier molecular flexibility index (Phi) is 4.99. The summed E-state index contributed by atoms with van der Waals surface area (Å²) >= 11 is 5.74. The highest BCUT2D eigenvalue weighted by Gasteiger charge is 2.26. The van der Waals surface area contributed by atoms with Gasteiger partial charge in [0.2, 0.25) is 5.91 Å². The number of carbonyl (C=O) groups excluding carboxylic acids is 1. The van der Waals surface area contributed by atoms with Gasteiger partial charge >= 0.3 is 0 Å². The molecular weight excluding hydrogens is 345 g/mol. The van der Waals surface area contributed by atoms with E-state index in [0.717, 1.165) is 12.1 Å². The van der Waals surface area contributed by atoms with Gasteiger partial charge in [-0.15, -0.1) is 0 Å². The minimum atomic E-state index is -0.523. The Bertz CT molecular complexity index is 800. The molecular formula is C18H19ClFN3O2. The van der Waals surface area contributed by atoms with E-state index >= 15 is 0 Å². The van der Waals surface area contributed by atoms with Crippen LogP contribution in [0.2, 0.25) is 5.02 Å². The Labute approximate surface area is 150 Å². The number of rotatable bonds is 4. The van der Waals surface area contributed by atoms with E-state index in [2.05, 4.69) is 5.32 Å². The highest BCUT2D eigenvalue weighted by atomic mass is 35.5. The molecule has 1 unspecified atom stereocenters. The molecule has 1 aliphatic heterocycles. The van der Waals surface area contributed by atoms with Gasteiger partial charge in [-0.2, -0.15) is 0 Å². The molecule has 0 fully saturated rings. The fourth-order valence-electron chi connectivity index (χ4n) is 2.76. The lowest BCUT2D eigenvalue weighted by molar-refractivity contribution is -0.115. The topological polar surface area (TPSA) is 67.6 Å². The van der Waals surface area contributed by atoms with Crippen LogP contribution < -0.4 is 20.7 Å². The molecule has 0 aliphatic carbocycles. The molecule has 1 atom stereocenters. The van der Waals surface area contributed by atoms with Gasteiger partial charge in [0.1, 0.15) is 17.7 Å². The predicted molar refractivity (Wildman–Crippen MR) is 97.8 cm³/mol. The largest absolute Gasteiger partial charge is 0.486 e. The number of hydrogen-bond acceptors (Lipinski definition) is 4. The number of carbonyl (C=O) groups is 1. The molecule has 1 heterocycles. The third-order valence-electron chi connectivity index (χ3n) is 4.04. The Morgan fingerprint density at radius 3 is 2.92 bits per heavy atom. The van der Waals surface area contributed by atoms with E-state index in [1.54, 1.807) is 12.1 Å². The van der Waals surface area contributed by atoms with Crippen molar-refractivity contribution in [1.29, 1.82) is 0 Å². The summed E-state index contributed by atoms with van der Waals surface area (Å²) in [4.78, 5) is 14.3. The molecule has 5 nitrogen and oxygen atoms in total. The van der Waals surface area contributed by atoms with Crippen LogP contribution in [0.15, 0.2) is 36.4 Å². The zero-order valence-corrected chi connectivity index (χ0v) is 14.5. The summed E-state index contributed by atoms with van der Waals surface area (Å²) in [6, 6.07) is 9.47. The predicted octanol–water partition coefficient (Wildman–Crippen LogP) is 3.68. The summed E-state index contributed by atoms with van der Waals surface area (Å²) in [6.07, 6.45) is 0.808. The number of nitrogens with two attached hydrogens (primary N) is 1. The smallest absolute Gasteiger partial charge is 0.243 e. The fraction of sp³-hybridized carbons (Fsp3) is 0.278. The van der Waals surface area contributed by atoms with Gasteiger partial charge in [0, 0.05) is 17.4 Å². The van der Waals surface area contributed by atoms with Crippen molar-refractivity contribution in [3.63, 3.8) is 0 Å². The normalized spacial score (nSPS) is 16.1. The van der Waals surface area contributed by atoms with Gasteiger partial charge in [-0.25, -0.2) is 4.39 Å². The third kappa shape index (κ3) is 3.96. The van der Waals surface area contributed by atoms with Crippen molar-refractivity contribution >= 4 is 34.6 Å². The van der Waals surface area contributed by atoms with Crippen molar-refractivity contribution in [3.8, 4) is 5.75 Å². The Morgan fingerprint density at radius 2 is 2.20 bits per heavy atom. The molecule has 2 aromatic rings. The molecule has 1 amide bonds. The van der Waals surface area contributed by atoms with Crippen LogP contribution in [0.5, 0.6) is 5.75 Å². The highest BCUT2D eigenvalue weighted by molar-refractivity contribution is 6.31. The van der Waals surface area contributed by atoms with Gasteiger partial charge in [0.15, 0.2) is 0 Å². The van der Waals surface area contributed by atoms with E-state index in [0.29, 0.717) is 23.7 Å². The lowest BCUT2D eigenvalue weighted by atomic mass is 10.1.